The van der Waals surface area contributed by atoms with Crippen molar-refractivity contribution in [1.29, 1.82) is 0 Å². The molecule has 6 heteroatoms. The Kier molecular flexibility index (Phi) is 3.44. The Labute approximate surface area is 102 Å². The molecule has 0 aliphatic carbocycles. The first kappa shape index (κ1) is 11.0. The van der Waals surface area contributed by atoms with Crippen molar-refractivity contribution >= 4 is 35.2 Å². The minimum absolute atomic E-state index is 0.309. The SMILES string of the molecule is Clc1cc(Cl)nc(N/N=C/c2ccco2)c1. The van der Waals surface area contributed by atoms with Gasteiger partial charge in [-0.1, -0.05) is 23.2 Å². The van der Waals surface area contributed by atoms with Crippen LogP contribution in [0.4, 0.5) is 5.82 Å². The minimum Gasteiger partial charge on any atom is -0.463 e. The van der Waals surface area contributed by atoms with Gasteiger partial charge >= 0.3 is 0 Å². The Morgan fingerprint density at radius 1 is 1.38 bits per heavy atom. The maximum absolute atomic E-state index is 5.79. The van der Waals surface area contributed by atoms with Gasteiger partial charge in [-0.05, 0) is 18.2 Å². The third-order valence-corrected chi connectivity index (χ3v) is 2.08. The van der Waals surface area contributed by atoms with Crippen LogP contribution in [0.1, 0.15) is 5.76 Å². The number of hydrogen-bond acceptors (Lipinski definition) is 4. The second kappa shape index (κ2) is 5.01. The zero-order valence-electron chi connectivity index (χ0n) is 8.02. The standard InChI is InChI=1S/C10H7Cl2N3O/c11-7-4-9(12)14-10(5-7)15-13-6-8-2-1-3-16-8/h1-6H,(H,14,15)/b13-6+. The molecular weight excluding hydrogens is 249 g/mol. The second-order valence-electron chi connectivity index (χ2n) is 2.88. The van der Waals surface area contributed by atoms with E-state index in [9.17, 15) is 0 Å². The van der Waals surface area contributed by atoms with Crippen molar-refractivity contribution in [2.45, 2.75) is 0 Å². The molecule has 0 fully saturated rings. The van der Waals surface area contributed by atoms with E-state index in [-0.39, 0.29) is 0 Å². The second-order valence-corrected chi connectivity index (χ2v) is 3.70. The Morgan fingerprint density at radius 2 is 2.25 bits per heavy atom. The molecule has 2 rings (SSSR count). The van der Waals surface area contributed by atoms with E-state index in [0.29, 0.717) is 21.8 Å². The Hall–Kier alpha value is -1.52. The van der Waals surface area contributed by atoms with Crippen molar-refractivity contribution < 1.29 is 4.42 Å². The van der Waals surface area contributed by atoms with Crippen LogP contribution in [-0.4, -0.2) is 11.2 Å². The summed E-state index contributed by atoms with van der Waals surface area (Å²) in [5.41, 5.74) is 2.69. The van der Waals surface area contributed by atoms with E-state index in [2.05, 4.69) is 15.5 Å². The van der Waals surface area contributed by atoms with Gasteiger partial charge in [0.25, 0.3) is 0 Å². The number of halogens is 2. The van der Waals surface area contributed by atoms with E-state index in [1.54, 1.807) is 30.5 Å². The van der Waals surface area contributed by atoms with Crippen LogP contribution < -0.4 is 5.43 Å². The minimum atomic E-state index is 0.309. The third-order valence-electron chi connectivity index (χ3n) is 1.67. The zero-order valence-corrected chi connectivity index (χ0v) is 9.53. The fourth-order valence-corrected chi connectivity index (χ4v) is 1.52. The van der Waals surface area contributed by atoms with Gasteiger partial charge < -0.3 is 4.42 Å². The van der Waals surface area contributed by atoms with E-state index in [1.807, 2.05) is 0 Å². The largest absolute Gasteiger partial charge is 0.463 e. The molecule has 82 valence electrons. The van der Waals surface area contributed by atoms with Crippen LogP contribution in [0, 0.1) is 0 Å². The lowest BCUT2D eigenvalue weighted by molar-refractivity contribution is 0.560. The lowest BCUT2D eigenvalue weighted by Gasteiger charge is -1.99. The first-order chi connectivity index (χ1) is 7.74. The van der Waals surface area contributed by atoms with Gasteiger partial charge in [-0.3, -0.25) is 5.43 Å². The van der Waals surface area contributed by atoms with Crippen LogP contribution in [0.25, 0.3) is 0 Å². The fourth-order valence-electron chi connectivity index (χ4n) is 1.05. The third kappa shape index (κ3) is 2.98. The first-order valence-electron chi connectivity index (χ1n) is 4.40. The van der Waals surface area contributed by atoms with Crippen LogP contribution in [0.3, 0.4) is 0 Å². The van der Waals surface area contributed by atoms with E-state index in [0.717, 1.165) is 0 Å². The van der Waals surface area contributed by atoms with Gasteiger partial charge in [0.2, 0.25) is 0 Å². The smallest absolute Gasteiger partial charge is 0.149 e. The van der Waals surface area contributed by atoms with Gasteiger partial charge in [0.05, 0.1) is 12.5 Å². The van der Waals surface area contributed by atoms with Crippen molar-refractivity contribution in [3.63, 3.8) is 0 Å². The highest BCUT2D eigenvalue weighted by Gasteiger charge is 1.97. The van der Waals surface area contributed by atoms with Crippen LogP contribution in [-0.2, 0) is 0 Å². The number of furan rings is 1. The van der Waals surface area contributed by atoms with Crippen molar-refractivity contribution in [2.24, 2.45) is 5.10 Å². The van der Waals surface area contributed by atoms with E-state index in [4.69, 9.17) is 27.6 Å². The molecule has 2 heterocycles. The molecule has 1 N–H and O–H groups in total. The lowest BCUT2D eigenvalue weighted by Crippen LogP contribution is -1.93. The van der Waals surface area contributed by atoms with Gasteiger partial charge in [-0.25, -0.2) is 4.98 Å². The van der Waals surface area contributed by atoms with Gasteiger partial charge in [0.15, 0.2) is 0 Å². The molecule has 0 saturated heterocycles. The molecule has 0 radical (unpaired) electrons. The number of hydrogen-bond donors (Lipinski definition) is 1. The van der Waals surface area contributed by atoms with Gasteiger partial charge in [0.1, 0.15) is 16.7 Å². The molecule has 2 aromatic heterocycles. The monoisotopic (exact) mass is 255 g/mol. The van der Waals surface area contributed by atoms with E-state index in [1.165, 1.54) is 6.21 Å². The Bertz CT molecular complexity index is 477. The fraction of sp³-hybridized carbons (Fsp3) is 0. The molecule has 2 aromatic rings. The average molecular weight is 256 g/mol. The quantitative estimate of drug-likeness (QED) is 0.520. The highest BCUT2D eigenvalue weighted by molar-refractivity contribution is 6.34. The number of nitrogens with zero attached hydrogens (tertiary/aromatic N) is 2. The molecular formula is C10H7Cl2N3O. The van der Waals surface area contributed by atoms with Crippen molar-refractivity contribution in [2.75, 3.05) is 5.43 Å². The molecule has 0 unspecified atom stereocenters. The van der Waals surface area contributed by atoms with Crippen LogP contribution in [0.5, 0.6) is 0 Å². The molecule has 0 bridgehead atoms. The summed E-state index contributed by atoms with van der Waals surface area (Å²) in [6, 6.07) is 6.72. The summed E-state index contributed by atoms with van der Waals surface area (Å²) in [5, 5.41) is 4.72. The Morgan fingerprint density at radius 3 is 2.94 bits per heavy atom. The summed E-state index contributed by atoms with van der Waals surface area (Å²) < 4.78 is 5.06. The molecule has 4 nitrogen and oxygen atoms in total. The van der Waals surface area contributed by atoms with Crippen LogP contribution in [0.2, 0.25) is 10.2 Å². The number of pyridine rings is 1. The maximum Gasteiger partial charge on any atom is 0.149 e. The molecule has 0 spiro atoms. The average Bonchev–Trinajstić information content (AvgIpc) is 2.69. The normalized spacial score (nSPS) is 10.9. The van der Waals surface area contributed by atoms with Crippen molar-refractivity contribution in [3.05, 3.63) is 46.5 Å². The molecule has 16 heavy (non-hydrogen) atoms. The molecule has 0 aromatic carbocycles. The highest BCUT2D eigenvalue weighted by Crippen LogP contribution is 2.18. The first-order valence-corrected chi connectivity index (χ1v) is 5.15. The molecule has 0 aliphatic heterocycles. The maximum atomic E-state index is 5.79. The van der Waals surface area contributed by atoms with E-state index < -0.39 is 0 Å². The predicted octanol–water partition coefficient (Wildman–Crippen LogP) is 3.43. The summed E-state index contributed by atoms with van der Waals surface area (Å²) in [6.45, 7) is 0. The highest BCUT2D eigenvalue weighted by atomic mass is 35.5. The summed E-state index contributed by atoms with van der Waals surface area (Å²) in [4.78, 5) is 3.98. The van der Waals surface area contributed by atoms with Crippen LogP contribution in [0.15, 0.2) is 40.0 Å². The number of aromatic nitrogens is 1. The van der Waals surface area contributed by atoms with Crippen molar-refractivity contribution in [1.82, 2.24) is 4.98 Å². The lowest BCUT2D eigenvalue weighted by atomic mass is 10.5. The molecule has 0 atom stereocenters. The van der Waals surface area contributed by atoms with Crippen LogP contribution >= 0.6 is 23.2 Å². The number of hydrazone groups is 1. The van der Waals surface area contributed by atoms with E-state index >= 15 is 0 Å². The summed E-state index contributed by atoms with van der Waals surface area (Å²) in [7, 11) is 0. The molecule has 0 aliphatic rings. The summed E-state index contributed by atoms with van der Waals surface area (Å²) >= 11 is 11.5. The number of rotatable bonds is 3. The van der Waals surface area contributed by atoms with Gasteiger partial charge in [-0.15, -0.1) is 0 Å². The molecule has 0 saturated carbocycles. The van der Waals surface area contributed by atoms with Crippen molar-refractivity contribution in [3.8, 4) is 0 Å². The van der Waals surface area contributed by atoms with Gasteiger partial charge in [-0.2, -0.15) is 5.10 Å². The topological polar surface area (TPSA) is 50.4 Å². The summed E-state index contributed by atoms with van der Waals surface area (Å²) in [6.07, 6.45) is 3.09. The summed E-state index contributed by atoms with van der Waals surface area (Å²) in [5.74, 6) is 1.11. The zero-order chi connectivity index (χ0) is 11.4. The molecule has 0 amide bonds. The number of nitrogens with one attached hydrogen (secondary N) is 1. The predicted molar refractivity (Wildman–Crippen MR) is 64.2 cm³/mol. The number of anilines is 1. The van der Waals surface area contributed by atoms with Gasteiger partial charge in [0, 0.05) is 11.1 Å². The Balaban J connectivity index is 2.04.